The minimum Gasteiger partial charge on any atom is -0.444 e. The van der Waals surface area contributed by atoms with Crippen LogP contribution in [0.25, 0.3) is 10.9 Å². The van der Waals surface area contributed by atoms with Gasteiger partial charge in [-0.05, 0) is 64.3 Å². The predicted octanol–water partition coefficient (Wildman–Crippen LogP) is 3.61. The summed E-state index contributed by atoms with van der Waals surface area (Å²) in [6.07, 6.45) is 3.54. The third kappa shape index (κ3) is 4.87. The minimum absolute atomic E-state index is 0.218. The lowest BCUT2D eigenvalue weighted by Crippen LogP contribution is -2.49. The fraction of sp³-hybridized carbons (Fsp3) is 0.524. The van der Waals surface area contributed by atoms with E-state index in [9.17, 15) is 13.2 Å². The number of aryl methyl sites for hydroxylation is 1. The molecule has 8 heteroatoms. The number of aromatic nitrogens is 1. The summed E-state index contributed by atoms with van der Waals surface area (Å²) >= 11 is 0. The highest BCUT2D eigenvalue weighted by Crippen LogP contribution is 2.30. The second-order valence-electron chi connectivity index (χ2n) is 8.43. The third-order valence-corrected chi connectivity index (χ3v) is 6.98. The number of alkyl carbamates (subject to hydrolysis) is 1. The number of piperidine rings is 1. The van der Waals surface area contributed by atoms with Crippen molar-refractivity contribution in [1.29, 1.82) is 0 Å². The number of rotatable bonds is 4. The molecule has 0 spiro atoms. The molecule has 0 aliphatic carbocycles. The standard InChI is InChI=1S/C21H29N3O4S/c1-15-10-11-18(17-9-7-12-22-19(15)17)29(26,27)24-13-6-5-8-16(24)14-23-20(25)28-21(2,3)4/h7,9-12,16H,5-6,8,13-14H2,1-4H3,(H,23,25). The lowest BCUT2D eigenvalue weighted by molar-refractivity contribution is 0.0512. The van der Waals surface area contributed by atoms with Crippen LogP contribution in [0.15, 0.2) is 35.4 Å². The molecule has 1 aliphatic rings. The number of pyridine rings is 1. The maximum absolute atomic E-state index is 13.6. The van der Waals surface area contributed by atoms with Crippen LogP contribution in [0.1, 0.15) is 45.6 Å². The Hall–Kier alpha value is -2.19. The first-order valence-electron chi connectivity index (χ1n) is 9.92. The van der Waals surface area contributed by atoms with Crippen molar-refractivity contribution in [3.05, 3.63) is 36.0 Å². The summed E-state index contributed by atoms with van der Waals surface area (Å²) in [6, 6.07) is 6.68. The van der Waals surface area contributed by atoms with Gasteiger partial charge in [-0.1, -0.05) is 12.5 Å². The number of amides is 1. The normalized spacial score (nSPS) is 18.6. The predicted molar refractivity (Wildman–Crippen MR) is 112 cm³/mol. The number of ether oxygens (including phenoxy) is 1. The van der Waals surface area contributed by atoms with E-state index in [1.54, 1.807) is 51.2 Å². The van der Waals surface area contributed by atoms with E-state index in [4.69, 9.17) is 4.74 Å². The van der Waals surface area contributed by atoms with E-state index in [1.165, 1.54) is 4.31 Å². The van der Waals surface area contributed by atoms with Crippen molar-refractivity contribution in [3.8, 4) is 0 Å². The highest BCUT2D eigenvalue weighted by Gasteiger charge is 2.35. The van der Waals surface area contributed by atoms with E-state index < -0.39 is 21.7 Å². The lowest BCUT2D eigenvalue weighted by Gasteiger charge is -2.35. The monoisotopic (exact) mass is 419 g/mol. The molecule has 158 valence electrons. The molecular formula is C21H29N3O4S. The Morgan fingerprint density at radius 2 is 2.03 bits per heavy atom. The zero-order chi connectivity index (χ0) is 21.2. The number of benzene rings is 1. The van der Waals surface area contributed by atoms with Crippen LogP contribution in [0, 0.1) is 6.92 Å². The molecule has 2 aromatic rings. The van der Waals surface area contributed by atoms with E-state index in [1.807, 2.05) is 6.92 Å². The van der Waals surface area contributed by atoms with Crippen LogP contribution in [0.5, 0.6) is 0 Å². The van der Waals surface area contributed by atoms with Gasteiger partial charge < -0.3 is 10.1 Å². The molecule has 0 radical (unpaired) electrons. The van der Waals surface area contributed by atoms with Crippen LogP contribution in [0.2, 0.25) is 0 Å². The van der Waals surface area contributed by atoms with Crippen molar-refractivity contribution in [2.75, 3.05) is 13.1 Å². The number of hydrogen-bond acceptors (Lipinski definition) is 5. The van der Waals surface area contributed by atoms with Crippen molar-refractivity contribution >= 4 is 27.0 Å². The summed E-state index contributed by atoms with van der Waals surface area (Å²) in [5.74, 6) is 0. The molecule has 1 saturated heterocycles. The number of hydrogen-bond donors (Lipinski definition) is 1. The smallest absolute Gasteiger partial charge is 0.407 e. The van der Waals surface area contributed by atoms with E-state index in [2.05, 4.69) is 10.3 Å². The summed E-state index contributed by atoms with van der Waals surface area (Å²) in [5.41, 5.74) is 1.02. The Morgan fingerprint density at radius 1 is 1.28 bits per heavy atom. The SMILES string of the molecule is Cc1ccc(S(=O)(=O)N2CCCCC2CNC(=O)OC(C)(C)C)c2cccnc12. The first-order chi connectivity index (χ1) is 13.6. The zero-order valence-electron chi connectivity index (χ0n) is 17.4. The minimum atomic E-state index is -3.74. The van der Waals surface area contributed by atoms with E-state index in [0.717, 1.165) is 18.4 Å². The van der Waals surface area contributed by atoms with Crippen LogP contribution in [0.4, 0.5) is 4.79 Å². The topological polar surface area (TPSA) is 88.6 Å². The van der Waals surface area contributed by atoms with Gasteiger partial charge in [0.2, 0.25) is 10.0 Å². The number of carbonyl (C=O) groups is 1. The number of fused-ring (bicyclic) bond motifs is 1. The quantitative estimate of drug-likeness (QED) is 0.818. The number of sulfonamides is 1. The molecular weight excluding hydrogens is 390 g/mol. The van der Waals surface area contributed by atoms with E-state index in [-0.39, 0.29) is 17.5 Å². The second-order valence-corrected chi connectivity index (χ2v) is 10.3. The first-order valence-corrected chi connectivity index (χ1v) is 11.4. The molecule has 1 atom stereocenters. The lowest BCUT2D eigenvalue weighted by atomic mass is 10.1. The van der Waals surface area contributed by atoms with Crippen molar-refractivity contribution in [3.63, 3.8) is 0 Å². The molecule has 1 N–H and O–H groups in total. The molecule has 3 rings (SSSR count). The average Bonchev–Trinajstić information content (AvgIpc) is 2.65. The Balaban J connectivity index is 1.87. The summed E-state index contributed by atoms with van der Waals surface area (Å²) in [7, 11) is -3.74. The van der Waals surface area contributed by atoms with Crippen molar-refractivity contribution < 1.29 is 17.9 Å². The number of nitrogens with one attached hydrogen (secondary N) is 1. The molecule has 0 saturated carbocycles. The van der Waals surface area contributed by atoms with Gasteiger partial charge in [-0.3, -0.25) is 4.98 Å². The van der Waals surface area contributed by atoms with Crippen molar-refractivity contribution in [1.82, 2.24) is 14.6 Å². The second kappa shape index (κ2) is 8.28. The van der Waals surface area contributed by atoms with Crippen LogP contribution in [-0.4, -0.2) is 48.5 Å². The van der Waals surface area contributed by atoms with Crippen LogP contribution >= 0.6 is 0 Å². The Bertz CT molecular complexity index is 999. The molecule has 1 fully saturated rings. The van der Waals surface area contributed by atoms with Gasteiger partial charge in [-0.25, -0.2) is 13.2 Å². The zero-order valence-corrected chi connectivity index (χ0v) is 18.3. The van der Waals surface area contributed by atoms with Gasteiger partial charge in [-0.15, -0.1) is 0 Å². The first kappa shape index (κ1) is 21.5. The summed E-state index contributed by atoms with van der Waals surface area (Å²) < 4.78 is 33.9. The van der Waals surface area contributed by atoms with Crippen LogP contribution in [0.3, 0.4) is 0 Å². The van der Waals surface area contributed by atoms with Gasteiger partial charge in [0.05, 0.1) is 10.4 Å². The maximum atomic E-state index is 13.6. The Morgan fingerprint density at radius 3 is 2.76 bits per heavy atom. The molecule has 7 nitrogen and oxygen atoms in total. The Kier molecular flexibility index (Phi) is 6.14. The largest absolute Gasteiger partial charge is 0.444 e. The van der Waals surface area contributed by atoms with Crippen LogP contribution in [-0.2, 0) is 14.8 Å². The molecule has 1 aromatic heterocycles. The molecule has 1 unspecified atom stereocenters. The fourth-order valence-corrected chi connectivity index (χ4v) is 5.53. The van der Waals surface area contributed by atoms with Crippen molar-refractivity contribution in [2.24, 2.45) is 0 Å². The molecule has 2 heterocycles. The highest BCUT2D eigenvalue weighted by atomic mass is 32.2. The summed E-state index contributed by atoms with van der Waals surface area (Å²) in [5, 5.41) is 3.35. The van der Waals surface area contributed by atoms with Gasteiger partial charge in [0.25, 0.3) is 0 Å². The maximum Gasteiger partial charge on any atom is 0.407 e. The van der Waals surface area contributed by atoms with Gasteiger partial charge in [0.1, 0.15) is 5.60 Å². The molecule has 29 heavy (non-hydrogen) atoms. The summed E-state index contributed by atoms with van der Waals surface area (Å²) in [4.78, 5) is 16.6. The summed E-state index contributed by atoms with van der Waals surface area (Å²) in [6.45, 7) is 7.94. The van der Waals surface area contributed by atoms with Gasteiger partial charge in [0, 0.05) is 30.7 Å². The molecule has 0 bridgehead atoms. The van der Waals surface area contributed by atoms with Crippen molar-refractivity contribution in [2.45, 2.75) is 63.5 Å². The fourth-order valence-electron chi connectivity index (χ4n) is 3.65. The van der Waals surface area contributed by atoms with E-state index in [0.29, 0.717) is 23.9 Å². The number of nitrogens with zero attached hydrogens (tertiary/aromatic N) is 2. The van der Waals surface area contributed by atoms with Gasteiger partial charge in [-0.2, -0.15) is 4.31 Å². The number of carbonyl (C=O) groups excluding carboxylic acids is 1. The third-order valence-electron chi connectivity index (χ3n) is 4.97. The molecule has 1 amide bonds. The Labute approximate surface area is 172 Å². The molecule has 1 aromatic carbocycles. The van der Waals surface area contributed by atoms with Gasteiger partial charge in [0.15, 0.2) is 0 Å². The average molecular weight is 420 g/mol. The van der Waals surface area contributed by atoms with Gasteiger partial charge >= 0.3 is 6.09 Å². The van der Waals surface area contributed by atoms with Crippen LogP contribution < -0.4 is 5.32 Å². The molecule has 1 aliphatic heterocycles. The van der Waals surface area contributed by atoms with E-state index >= 15 is 0 Å². The highest BCUT2D eigenvalue weighted by molar-refractivity contribution is 7.89.